The quantitative estimate of drug-likeness (QED) is 0.741. The Morgan fingerprint density at radius 1 is 1.14 bits per heavy atom. The number of anilines is 1. The molecule has 21 heavy (non-hydrogen) atoms. The van der Waals surface area contributed by atoms with E-state index in [-0.39, 0.29) is 17.7 Å². The molecule has 1 saturated carbocycles. The second-order valence-corrected chi connectivity index (χ2v) is 7.22. The second kappa shape index (κ2) is 5.57. The van der Waals surface area contributed by atoms with Crippen LogP contribution in [0.5, 0.6) is 0 Å². The van der Waals surface area contributed by atoms with Crippen LogP contribution in [0.25, 0.3) is 0 Å². The van der Waals surface area contributed by atoms with Crippen molar-refractivity contribution in [3.05, 3.63) is 39.3 Å². The summed E-state index contributed by atoms with van der Waals surface area (Å²) < 4.78 is 1.66. The average Bonchev–Trinajstić information content (AvgIpc) is 3.02. The molecule has 1 aromatic carbocycles. The van der Waals surface area contributed by atoms with Gasteiger partial charge in [0.2, 0.25) is 5.91 Å². The third kappa shape index (κ3) is 2.66. The lowest BCUT2D eigenvalue weighted by Gasteiger charge is -2.24. The highest BCUT2D eigenvalue weighted by molar-refractivity contribution is 9.11. The first-order valence-electron chi connectivity index (χ1n) is 6.64. The molecule has 2 aliphatic carbocycles. The number of carboxylic acids is 1. The second-order valence-electron chi connectivity index (χ2n) is 5.45. The third-order valence-electron chi connectivity index (χ3n) is 4.24. The summed E-state index contributed by atoms with van der Waals surface area (Å²) in [4.78, 5) is 24.0. The first-order chi connectivity index (χ1) is 9.97. The number of carbonyl (C=O) groups excluding carboxylic acids is 1. The number of halogens is 2. The minimum absolute atomic E-state index is 0.0170. The highest BCUT2D eigenvalue weighted by Gasteiger charge is 2.51. The summed E-state index contributed by atoms with van der Waals surface area (Å²) in [6, 6.07) is 5.45. The summed E-state index contributed by atoms with van der Waals surface area (Å²) in [5.74, 6) is -2.20. The number of carboxylic acid groups (broad SMARTS) is 1. The van der Waals surface area contributed by atoms with Crippen molar-refractivity contribution in [3.63, 3.8) is 0 Å². The Bertz CT molecular complexity index is 644. The lowest BCUT2D eigenvalue weighted by Crippen LogP contribution is -2.36. The summed E-state index contributed by atoms with van der Waals surface area (Å²) in [7, 11) is 0. The van der Waals surface area contributed by atoms with Crippen LogP contribution in [0.1, 0.15) is 6.42 Å². The molecule has 0 saturated heterocycles. The molecule has 0 aromatic heterocycles. The monoisotopic (exact) mass is 413 g/mol. The van der Waals surface area contributed by atoms with Crippen LogP contribution < -0.4 is 5.32 Å². The van der Waals surface area contributed by atoms with E-state index in [0.29, 0.717) is 5.69 Å². The number of benzene rings is 1. The standard InChI is InChI=1S/C15H13Br2NO3/c16-9-3-4-11(10(17)6-9)18-14(19)12-7-1-2-8(5-7)13(12)15(20)21/h1-4,6-8,12-13H,5H2,(H,18,19)(H,20,21)/t7-,8+,12+,13+/m1/s1. The molecule has 0 heterocycles. The number of rotatable bonds is 3. The number of nitrogens with one attached hydrogen (secondary N) is 1. The van der Waals surface area contributed by atoms with E-state index in [4.69, 9.17) is 0 Å². The number of hydrogen-bond donors (Lipinski definition) is 2. The van der Waals surface area contributed by atoms with Crippen LogP contribution in [0.3, 0.4) is 0 Å². The molecule has 2 N–H and O–H groups in total. The number of hydrogen-bond acceptors (Lipinski definition) is 2. The molecule has 4 nitrogen and oxygen atoms in total. The Labute approximate surface area is 138 Å². The number of aliphatic carboxylic acids is 1. The number of allylic oxidation sites excluding steroid dienone is 2. The Hall–Kier alpha value is -1.14. The van der Waals surface area contributed by atoms with Crippen molar-refractivity contribution >= 4 is 49.4 Å². The van der Waals surface area contributed by atoms with Crippen molar-refractivity contribution in [3.8, 4) is 0 Å². The van der Waals surface area contributed by atoms with Gasteiger partial charge in [-0.2, -0.15) is 0 Å². The van der Waals surface area contributed by atoms with Crippen LogP contribution in [0, 0.1) is 23.7 Å². The maximum atomic E-state index is 12.5. The largest absolute Gasteiger partial charge is 0.481 e. The number of fused-ring (bicyclic) bond motifs is 2. The van der Waals surface area contributed by atoms with Gasteiger partial charge < -0.3 is 10.4 Å². The first kappa shape index (κ1) is 14.8. The van der Waals surface area contributed by atoms with Crippen LogP contribution in [0.15, 0.2) is 39.3 Å². The highest BCUT2D eigenvalue weighted by atomic mass is 79.9. The highest BCUT2D eigenvalue weighted by Crippen LogP contribution is 2.48. The predicted molar refractivity (Wildman–Crippen MR) is 85.8 cm³/mol. The van der Waals surface area contributed by atoms with Crippen molar-refractivity contribution in [2.75, 3.05) is 5.32 Å². The molecule has 6 heteroatoms. The van der Waals surface area contributed by atoms with E-state index >= 15 is 0 Å². The zero-order valence-corrected chi connectivity index (χ0v) is 14.1. The van der Waals surface area contributed by atoms with E-state index in [9.17, 15) is 14.7 Å². The van der Waals surface area contributed by atoms with E-state index in [1.807, 2.05) is 24.3 Å². The summed E-state index contributed by atoms with van der Waals surface area (Å²) in [5.41, 5.74) is 0.652. The first-order valence-corrected chi connectivity index (χ1v) is 8.23. The minimum atomic E-state index is -0.887. The third-order valence-corrected chi connectivity index (χ3v) is 5.39. The number of carbonyl (C=O) groups is 2. The molecule has 110 valence electrons. The van der Waals surface area contributed by atoms with Gasteiger partial charge in [-0.1, -0.05) is 28.1 Å². The minimum Gasteiger partial charge on any atom is -0.481 e. The summed E-state index contributed by atoms with van der Waals surface area (Å²) >= 11 is 6.75. The molecule has 0 radical (unpaired) electrons. The molecule has 2 bridgehead atoms. The van der Waals surface area contributed by atoms with E-state index in [0.717, 1.165) is 15.4 Å². The van der Waals surface area contributed by atoms with Crippen molar-refractivity contribution in [2.24, 2.45) is 23.7 Å². The predicted octanol–water partition coefficient (Wildman–Crippen LogP) is 3.67. The van der Waals surface area contributed by atoms with E-state index < -0.39 is 17.8 Å². The zero-order chi connectivity index (χ0) is 15.1. The fraction of sp³-hybridized carbons (Fsp3) is 0.333. The van der Waals surface area contributed by atoms with Crippen molar-refractivity contribution < 1.29 is 14.7 Å². The van der Waals surface area contributed by atoms with Crippen LogP contribution in [0.4, 0.5) is 5.69 Å². The maximum Gasteiger partial charge on any atom is 0.307 e. The zero-order valence-electron chi connectivity index (χ0n) is 10.9. The smallest absolute Gasteiger partial charge is 0.307 e. The van der Waals surface area contributed by atoms with Gasteiger partial charge in [0.15, 0.2) is 0 Å². The van der Waals surface area contributed by atoms with Crippen LogP contribution in [0.2, 0.25) is 0 Å². The van der Waals surface area contributed by atoms with Crippen molar-refractivity contribution in [2.45, 2.75) is 6.42 Å². The van der Waals surface area contributed by atoms with Gasteiger partial charge in [-0.3, -0.25) is 9.59 Å². The van der Waals surface area contributed by atoms with Gasteiger partial charge in [0.25, 0.3) is 0 Å². The van der Waals surface area contributed by atoms with Gasteiger partial charge in [0.05, 0.1) is 17.5 Å². The number of amides is 1. The maximum absolute atomic E-state index is 12.5. The molecular formula is C15H13Br2NO3. The van der Waals surface area contributed by atoms with Crippen molar-refractivity contribution in [1.29, 1.82) is 0 Å². The summed E-state index contributed by atoms with van der Waals surface area (Å²) in [6.45, 7) is 0. The van der Waals surface area contributed by atoms with Crippen LogP contribution >= 0.6 is 31.9 Å². The van der Waals surface area contributed by atoms with Gasteiger partial charge >= 0.3 is 5.97 Å². The van der Waals surface area contributed by atoms with Crippen LogP contribution in [-0.4, -0.2) is 17.0 Å². The topological polar surface area (TPSA) is 66.4 Å². The molecule has 3 rings (SSSR count). The SMILES string of the molecule is O=C(Nc1ccc(Br)cc1Br)[C@@H]1[C@@H](C(=O)O)[C@H]2C=C[C@@H]1C2. The van der Waals surface area contributed by atoms with Gasteiger partial charge in [-0.25, -0.2) is 0 Å². The van der Waals surface area contributed by atoms with E-state index in [1.165, 1.54) is 0 Å². The van der Waals surface area contributed by atoms with Gasteiger partial charge in [0.1, 0.15) is 0 Å². The Kier molecular flexibility index (Phi) is 3.92. The molecule has 0 aliphatic heterocycles. The van der Waals surface area contributed by atoms with Crippen LogP contribution in [-0.2, 0) is 9.59 Å². The Morgan fingerprint density at radius 2 is 1.81 bits per heavy atom. The Balaban J connectivity index is 1.82. The molecule has 1 fully saturated rings. The lowest BCUT2D eigenvalue weighted by atomic mass is 9.82. The molecule has 0 spiro atoms. The Morgan fingerprint density at radius 3 is 2.43 bits per heavy atom. The molecule has 4 atom stereocenters. The summed E-state index contributed by atoms with van der Waals surface area (Å²) in [6.07, 6.45) is 4.67. The van der Waals surface area contributed by atoms with Gasteiger partial charge in [-0.05, 0) is 52.4 Å². The summed E-state index contributed by atoms with van der Waals surface area (Å²) in [5, 5.41) is 12.2. The van der Waals surface area contributed by atoms with Gasteiger partial charge in [0, 0.05) is 8.95 Å². The van der Waals surface area contributed by atoms with E-state index in [2.05, 4.69) is 37.2 Å². The molecule has 2 aliphatic rings. The van der Waals surface area contributed by atoms with Gasteiger partial charge in [-0.15, -0.1) is 0 Å². The van der Waals surface area contributed by atoms with Crippen molar-refractivity contribution in [1.82, 2.24) is 0 Å². The molecular weight excluding hydrogens is 402 g/mol. The lowest BCUT2D eigenvalue weighted by molar-refractivity contribution is -0.146. The normalized spacial score (nSPS) is 29.6. The molecule has 1 aromatic rings. The molecule has 0 unspecified atom stereocenters. The van der Waals surface area contributed by atoms with E-state index in [1.54, 1.807) is 6.07 Å². The molecule has 1 amide bonds. The average molecular weight is 415 g/mol. The fourth-order valence-corrected chi connectivity index (χ4v) is 4.47. The fourth-order valence-electron chi connectivity index (χ4n) is 3.32.